The monoisotopic (exact) mass is 436 g/mol. The number of fused-ring (bicyclic) bond motifs is 1. The molecule has 0 bridgehead atoms. The first-order valence-electron chi connectivity index (χ1n) is 10.5. The van der Waals surface area contributed by atoms with Crippen molar-refractivity contribution in [3.05, 3.63) is 54.0 Å². The molecule has 0 atom stereocenters. The van der Waals surface area contributed by atoms with E-state index in [1.165, 1.54) is 0 Å². The van der Waals surface area contributed by atoms with Gasteiger partial charge >= 0.3 is 6.09 Å². The van der Waals surface area contributed by atoms with Crippen LogP contribution in [0.4, 0.5) is 10.5 Å². The van der Waals surface area contributed by atoms with E-state index in [0.717, 1.165) is 40.6 Å². The van der Waals surface area contributed by atoms with Crippen LogP contribution in [0.25, 0.3) is 23.1 Å². The van der Waals surface area contributed by atoms with E-state index in [9.17, 15) is 4.79 Å². The summed E-state index contributed by atoms with van der Waals surface area (Å²) >= 11 is 0. The fourth-order valence-corrected chi connectivity index (χ4v) is 4.13. The molecule has 162 valence electrons. The zero-order valence-electron chi connectivity index (χ0n) is 18.2. The van der Waals surface area contributed by atoms with E-state index in [-0.39, 0.29) is 6.09 Å². The van der Waals surface area contributed by atoms with Crippen LogP contribution in [0.1, 0.15) is 11.4 Å². The minimum absolute atomic E-state index is 0.313. The Kier molecular flexibility index (Phi) is 6.19. The third-order valence-electron chi connectivity index (χ3n) is 5.14. The second-order valence-electron chi connectivity index (χ2n) is 8.79. The molecule has 0 spiro atoms. The smallest absolute Gasteiger partial charge is 0.414 e. The van der Waals surface area contributed by atoms with Crippen molar-refractivity contribution in [2.75, 3.05) is 24.7 Å². The topological polar surface area (TPSA) is 69.5 Å². The summed E-state index contributed by atoms with van der Waals surface area (Å²) in [5.74, 6) is 0. The van der Waals surface area contributed by atoms with Crippen LogP contribution in [-0.4, -0.2) is 48.7 Å². The Bertz CT molecular complexity index is 1090. The molecule has 0 unspecified atom stereocenters. The molecule has 0 aliphatic carbocycles. The summed E-state index contributed by atoms with van der Waals surface area (Å²) in [5.41, 5.74) is 3.44. The van der Waals surface area contributed by atoms with Gasteiger partial charge in [0, 0.05) is 32.0 Å². The van der Waals surface area contributed by atoms with Crippen molar-refractivity contribution in [2.45, 2.75) is 32.4 Å². The predicted molar refractivity (Wildman–Crippen MR) is 126 cm³/mol. The van der Waals surface area contributed by atoms with E-state index in [1.807, 2.05) is 53.2 Å². The lowest BCUT2D eigenvalue weighted by atomic mass is 10.1. The van der Waals surface area contributed by atoms with Crippen LogP contribution < -0.4 is 4.90 Å². The molecule has 1 amide bonds. The van der Waals surface area contributed by atoms with Gasteiger partial charge in [0.2, 0.25) is 0 Å². The van der Waals surface area contributed by atoms with E-state index in [4.69, 9.17) is 14.6 Å². The van der Waals surface area contributed by atoms with Crippen LogP contribution in [-0.2, 0) is 16.2 Å². The molecule has 1 aliphatic rings. The molecule has 0 radical (unpaired) electrons. The highest BCUT2D eigenvalue weighted by molar-refractivity contribution is 6.76. The third kappa shape index (κ3) is 5.21. The van der Waals surface area contributed by atoms with E-state index in [1.54, 1.807) is 11.1 Å². The number of carbonyl (C=O) groups excluding carboxylic acids is 1. The maximum Gasteiger partial charge on any atom is 0.414 e. The minimum atomic E-state index is -1.15. The van der Waals surface area contributed by atoms with Crippen molar-refractivity contribution >= 4 is 42.9 Å². The Morgan fingerprint density at radius 2 is 2.06 bits per heavy atom. The lowest BCUT2D eigenvalue weighted by Crippen LogP contribution is -2.23. The van der Waals surface area contributed by atoms with Gasteiger partial charge in [-0.25, -0.2) is 9.48 Å². The summed E-state index contributed by atoms with van der Waals surface area (Å²) in [6, 6.07) is 12.8. The largest absolute Gasteiger partial charge is 0.447 e. The number of benzene rings is 1. The number of aromatic nitrogens is 3. The van der Waals surface area contributed by atoms with Gasteiger partial charge in [0.25, 0.3) is 0 Å². The Hall–Kier alpha value is -2.97. The summed E-state index contributed by atoms with van der Waals surface area (Å²) < 4.78 is 12.9. The molecule has 0 saturated carbocycles. The molecule has 7 nitrogen and oxygen atoms in total. The van der Waals surface area contributed by atoms with Gasteiger partial charge in [-0.2, -0.15) is 5.10 Å². The van der Waals surface area contributed by atoms with Crippen molar-refractivity contribution in [1.29, 1.82) is 0 Å². The quantitative estimate of drug-likeness (QED) is 0.372. The number of hydrogen-bond donors (Lipinski definition) is 0. The van der Waals surface area contributed by atoms with Crippen molar-refractivity contribution < 1.29 is 14.3 Å². The van der Waals surface area contributed by atoms with E-state index in [0.29, 0.717) is 19.9 Å². The van der Waals surface area contributed by atoms with E-state index < -0.39 is 8.07 Å². The van der Waals surface area contributed by atoms with Crippen molar-refractivity contribution in [3.8, 4) is 0 Å². The SMILES string of the molecule is C[Si](C)(C)CCOCn1nc(C=Cc2ccccn2)c2cc(N3CCOC3=O)ccc21. The van der Waals surface area contributed by atoms with E-state index >= 15 is 0 Å². The zero-order chi connectivity index (χ0) is 21.8. The van der Waals surface area contributed by atoms with Gasteiger partial charge in [0.15, 0.2) is 0 Å². The third-order valence-corrected chi connectivity index (χ3v) is 6.85. The molecule has 0 N–H and O–H groups in total. The Balaban J connectivity index is 1.64. The van der Waals surface area contributed by atoms with Crippen LogP contribution in [0, 0.1) is 0 Å². The first-order valence-corrected chi connectivity index (χ1v) is 14.2. The van der Waals surface area contributed by atoms with Crippen molar-refractivity contribution in [1.82, 2.24) is 14.8 Å². The fraction of sp³-hybridized carbons (Fsp3) is 0.348. The summed E-state index contributed by atoms with van der Waals surface area (Å²) in [6.45, 7) is 9.10. The average Bonchev–Trinajstić information content (AvgIpc) is 3.33. The van der Waals surface area contributed by atoms with Crippen LogP contribution in [0.5, 0.6) is 0 Å². The highest BCUT2D eigenvalue weighted by Crippen LogP contribution is 2.28. The Labute approximate surface area is 183 Å². The molecule has 1 saturated heterocycles. The maximum absolute atomic E-state index is 12.0. The molecule has 31 heavy (non-hydrogen) atoms. The molecule has 8 heteroatoms. The Morgan fingerprint density at radius 3 is 2.77 bits per heavy atom. The minimum Gasteiger partial charge on any atom is -0.447 e. The molecule has 2 aromatic heterocycles. The number of ether oxygens (including phenoxy) is 2. The van der Waals surface area contributed by atoms with Gasteiger partial charge in [-0.05, 0) is 48.5 Å². The number of amides is 1. The number of pyridine rings is 1. The second kappa shape index (κ2) is 9.03. The highest BCUT2D eigenvalue weighted by Gasteiger charge is 2.24. The number of nitrogens with zero attached hydrogens (tertiary/aromatic N) is 4. The lowest BCUT2D eigenvalue weighted by Gasteiger charge is -2.15. The van der Waals surface area contributed by atoms with Gasteiger partial charge in [-0.3, -0.25) is 9.88 Å². The van der Waals surface area contributed by atoms with Crippen LogP contribution in [0.3, 0.4) is 0 Å². The van der Waals surface area contributed by atoms with Gasteiger partial charge < -0.3 is 9.47 Å². The van der Waals surface area contributed by atoms with Crippen molar-refractivity contribution in [2.24, 2.45) is 0 Å². The van der Waals surface area contributed by atoms with Crippen LogP contribution in [0.15, 0.2) is 42.6 Å². The number of rotatable bonds is 8. The predicted octanol–water partition coefficient (Wildman–Crippen LogP) is 4.87. The summed E-state index contributed by atoms with van der Waals surface area (Å²) in [7, 11) is -1.15. The van der Waals surface area contributed by atoms with Gasteiger partial charge in [0.05, 0.1) is 23.4 Å². The molecular formula is C23H28N4O3Si. The number of cyclic esters (lactones) is 1. The highest BCUT2D eigenvalue weighted by atomic mass is 28.3. The Morgan fingerprint density at radius 1 is 1.19 bits per heavy atom. The summed E-state index contributed by atoms with van der Waals surface area (Å²) in [4.78, 5) is 18.0. The molecule has 3 heterocycles. The molecule has 1 fully saturated rings. The second-order valence-corrected chi connectivity index (χ2v) is 14.4. The molecule has 4 rings (SSSR count). The zero-order valence-corrected chi connectivity index (χ0v) is 19.2. The maximum atomic E-state index is 12.0. The van der Waals surface area contributed by atoms with Crippen LogP contribution >= 0.6 is 0 Å². The molecule has 3 aromatic rings. The summed E-state index contributed by atoms with van der Waals surface area (Å²) in [5, 5.41) is 5.74. The molecule has 1 aliphatic heterocycles. The molecular weight excluding hydrogens is 408 g/mol. The summed E-state index contributed by atoms with van der Waals surface area (Å²) in [6.07, 6.45) is 5.34. The lowest BCUT2D eigenvalue weighted by molar-refractivity contribution is 0.0816. The van der Waals surface area contributed by atoms with E-state index in [2.05, 4.69) is 24.6 Å². The van der Waals surface area contributed by atoms with Gasteiger partial charge in [0.1, 0.15) is 13.3 Å². The van der Waals surface area contributed by atoms with Gasteiger partial charge in [-0.1, -0.05) is 25.7 Å². The van der Waals surface area contributed by atoms with Crippen LogP contribution in [0.2, 0.25) is 25.7 Å². The normalized spacial score (nSPS) is 14.7. The number of carbonyl (C=O) groups is 1. The molecule has 1 aromatic carbocycles. The number of hydrogen-bond acceptors (Lipinski definition) is 5. The fourth-order valence-electron chi connectivity index (χ4n) is 3.38. The average molecular weight is 437 g/mol. The first kappa shape index (κ1) is 21.3. The standard InChI is InChI=1S/C23H28N4O3Si/c1-31(2,3)15-14-29-17-27-22-10-8-19(26-12-13-30-23(26)28)16-20(22)21(25-27)9-7-18-6-4-5-11-24-18/h4-11,16H,12-15,17H2,1-3H3. The number of anilines is 1. The first-order chi connectivity index (χ1) is 14.9. The van der Waals surface area contributed by atoms with Gasteiger partial charge in [-0.15, -0.1) is 0 Å². The van der Waals surface area contributed by atoms with Crippen molar-refractivity contribution in [3.63, 3.8) is 0 Å².